The molecular formula is C23H30N2O2S. The zero-order valence-electron chi connectivity index (χ0n) is 17.4. The number of hydrogen-bond donors (Lipinski definition) is 0. The van der Waals surface area contributed by atoms with Crippen molar-refractivity contribution in [1.82, 2.24) is 9.47 Å². The van der Waals surface area contributed by atoms with Gasteiger partial charge in [-0.1, -0.05) is 18.9 Å². The Balaban J connectivity index is 2.23. The molecule has 1 aliphatic carbocycles. The van der Waals surface area contributed by atoms with Gasteiger partial charge in [-0.2, -0.15) is 0 Å². The van der Waals surface area contributed by atoms with Crippen molar-refractivity contribution >= 4 is 34.5 Å². The summed E-state index contributed by atoms with van der Waals surface area (Å²) in [6, 6.07) is 9.15. The number of aldehydes is 1. The molecule has 1 heterocycles. The Morgan fingerprint density at radius 1 is 1.39 bits per heavy atom. The highest BCUT2D eigenvalue weighted by Gasteiger charge is 2.26. The summed E-state index contributed by atoms with van der Waals surface area (Å²) in [4.78, 5) is 14.7. The lowest BCUT2D eigenvalue weighted by atomic mass is 10.1. The van der Waals surface area contributed by atoms with Gasteiger partial charge in [-0.15, -0.1) is 11.8 Å². The van der Waals surface area contributed by atoms with Crippen LogP contribution in [-0.4, -0.2) is 43.2 Å². The van der Waals surface area contributed by atoms with Crippen LogP contribution in [0.3, 0.4) is 0 Å². The predicted molar refractivity (Wildman–Crippen MR) is 119 cm³/mol. The SMILES string of the molecule is CO/C(C=O)=C/C(=C\N(C)C)c1cc2c(SC)cccc2n1C(C)CC1CC1. The maximum absolute atomic E-state index is 11.4. The summed E-state index contributed by atoms with van der Waals surface area (Å²) in [6.07, 6.45) is 10.6. The second-order valence-corrected chi connectivity index (χ2v) is 8.59. The number of carbonyl (C=O) groups excluding carboxylic acids is 1. The summed E-state index contributed by atoms with van der Waals surface area (Å²) in [5, 5.41) is 1.26. The van der Waals surface area contributed by atoms with Gasteiger partial charge in [0.1, 0.15) is 0 Å². The van der Waals surface area contributed by atoms with E-state index in [9.17, 15) is 4.79 Å². The Labute approximate surface area is 172 Å². The van der Waals surface area contributed by atoms with Crippen LogP contribution in [0.25, 0.3) is 16.5 Å². The van der Waals surface area contributed by atoms with Crippen molar-refractivity contribution in [2.45, 2.75) is 37.1 Å². The number of hydrogen-bond acceptors (Lipinski definition) is 4. The number of carbonyl (C=O) groups is 1. The molecule has 1 unspecified atom stereocenters. The lowest BCUT2D eigenvalue weighted by molar-refractivity contribution is -0.107. The maximum Gasteiger partial charge on any atom is 0.184 e. The first-order valence-electron chi connectivity index (χ1n) is 9.75. The third-order valence-corrected chi connectivity index (χ3v) is 6.01. The molecular weight excluding hydrogens is 368 g/mol. The van der Waals surface area contributed by atoms with Gasteiger partial charge in [-0.25, -0.2) is 0 Å². The van der Waals surface area contributed by atoms with Gasteiger partial charge in [0.05, 0.1) is 12.8 Å². The molecule has 5 heteroatoms. The maximum atomic E-state index is 11.4. The molecule has 0 N–H and O–H groups in total. The fraction of sp³-hybridized carbons (Fsp3) is 0.435. The molecule has 1 atom stereocenters. The molecule has 3 rings (SSSR count). The van der Waals surface area contributed by atoms with E-state index in [-0.39, 0.29) is 0 Å². The largest absolute Gasteiger partial charge is 0.493 e. The number of rotatable bonds is 9. The Morgan fingerprint density at radius 2 is 2.14 bits per heavy atom. The van der Waals surface area contributed by atoms with Crippen LogP contribution in [0.1, 0.15) is 37.9 Å². The van der Waals surface area contributed by atoms with Gasteiger partial charge in [-0.05, 0) is 49.8 Å². The van der Waals surface area contributed by atoms with E-state index in [2.05, 4.69) is 48.2 Å². The summed E-state index contributed by atoms with van der Waals surface area (Å²) in [7, 11) is 5.52. The molecule has 2 aromatic rings. The first-order chi connectivity index (χ1) is 13.5. The van der Waals surface area contributed by atoms with Gasteiger partial charge in [-0.3, -0.25) is 4.79 Å². The molecule has 0 bridgehead atoms. The van der Waals surface area contributed by atoms with Crippen LogP contribution in [0, 0.1) is 5.92 Å². The molecule has 1 saturated carbocycles. The van der Waals surface area contributed by atoms with Gasteiger partial charge >= 0.3 is 0 Å². The molecule has 1 aromatic carbocycles. The monoisotopic (exact) mass is 398 g/mol. The zero-order valence-corrected chi connectivity index (χ0v) is 18.3. The number of aromatic nitrogens is 1. The number of benzene rings is 1. The highest BCUT2D eigenvalue weighted by Crippen LogP contribution is 2.41. The van der Waals surface area contributed by atoms with Crippen LogP contribution >= 0.6 is 11.8 Å². The first kappa shape index (κ1) is 20.6. The van der Waals surface area contributed by atoms with Crippen LogP contribution in [0.2, 0.25) is 0 Å². The Hall–Kier alpha value is -2.14. The van der Waals surface area contributed by atoms with Crippen molar-refractivity contribution in [2.75, 3.05) is 27.5 Å². The first-order valence-corrected chi connectivity index (χ1v) is 11.0. The van der Waals surface area contributed by atoms with Gasteiger partial charge < -0.3 is 14.2 Å². The van der Waals surface area contributed by atoms with Crippen LogP contribution in [0.4, 0.5) is 0 Å². The summed E-state index contributed by atoms with van der Waals surface area (Å²) < 4.78 is 7.69. The highest BCUT2D eigenvalue weighted by molar-refractivity contribution is 7.98. The number of thioether (sulfide) groups is 1. The van der Waals surface area contributed by atoms with Crippen molar-refractivity contribution in [1.29, 1.82) is 0 Å². The van der Waals surface area contributed by atoms with Crippen LogP contribution in [-0.2, 0) is 9.53 Å². The number of nitrogens with zero attached hydrogens (tertiary/aromatic N) is 2. The van der Waals surface area contributed by atoms with Crippen molar-refractivity contribution in [3.8, 4) is 0 Å². The molecule has 150 valence electrons. The second kappa shape index (κ2) is 8.91. The van der Waals surface area contributed by atoms with E-state index < -0.39 is 0 Å². The number of fused-ring (bicyclic) bond motifs is 1. The van der Waals surface area contributed by atoms with Gasteiger partial charge in [0.15, 0.2) is 12.0 Å². The predicted octanol–water partition coefficient (Wildman–Crippen LogP) is 5.36. The second-order valence-electron chi connectivity index (χ2n) is 7.74. The average Bonchev–Trinajstić information content (AvgIpc) is 3.40. The average molecular weight is 399 g/mol. The number of allylic oxidation sites excluding steroid dienone is 3. The quantitative estimate of drug-likeness (QED) is 0.187. The van der Waals surface area contributed by atoms with E-state index in [0.717, 1.165) is 23.5 Å². The summed E-state index contributed by atoms with van der Waals surface area (Å²) in [5.74, 6) is 1.16. The summed E-state index contributed by atoms with van der Waals surface area (Å²) >= 11 is 1.77. The molecule has 1 aliphatic rings. The topological polar surface area (TPSA) is 34.5 Å². The van der Waals surface area contributed by atoms with E-state index in [0.29, 0.717) is 11.8 Å². The van der Waals surface area contributed by atoms with E-state index >= 15 is 0 Å². The van der Waals surface area contributed by atoms with Crippen molar-refractivity contribution in [3.05, 3.63) is 48.0 Å². The molecule has 0 saturated heterocycles. The summed E-state index contributed by atoms with van der Waals surface area (Å²) in [5.41, 5.74) is 3.34. The number of ether oxygens (including phenoxy) is 1. The smallest absolute Gasteiger partial charge is 0.184 e. The molecule has 28 heavy (non-hydrogen) atoms. The van der Waals surface area contributed by atoms with Crippen LogP contribution < -0.4 is 0 Å². The minimum atomic E-state index is 0.324. The molecule has 1 aromatic heterocycles. The standard InChI is InChI=1S/C23H30N2O2S/c1-16(11-17-9-10-17)25-21-7-6-8-23(28-5)20(21)13-22(25)18(14-24(2)3)12-19(15-26)27-4/h6-8,12-17H,9-11H2,1-5H3/b18-14+,19-12+. The normalized spacial score (nSPS) is 16.3. The molecule has 0 radical (unpaired) electrons. The zero-order chi connectivity index (χ0) is 20.3. The fourth-order valence-electron chi connectivity index (χ4n) is 3.79. The number of methoxy groups -OCH3 is 1. The van der Waals surface area contributed by atoms with Crippen molar-refractivity contribution in [3.63, 3.8) is 0 Å². The molecule has 0 aliphatic heterocycles. The van der Waals surface area contributed by atoms with E-state index in [1.165, 1.54) is 42.2 Å². The Bertz CT molecular complexity index is 907. The highest BCUT2D eigenvalue weighted by atomic mass is 32.2. The van der Waals surface area contributed by atoms with Gasteiger partial charge in [0.25, 0.3) is 0 Å². The minimum Gasteiger partial charge on any atom is -0.493 e. The molecule has 0 spiro atoms. The van der Waals surface area contributed by atoms with Crippen molar-refractivity contribution < 1.29 is 9.53 Å². The lowest BCUT2D eigenvalue weighted by Gasteiger charge is -2.20. The third-order valence-electron chi connectivity index (χ3n) is 5.22. The molecule has 0 amide bonds. The third kappa shape index (κ3) is 4.46. The van der Waals surface area contributed by atoms with E-state index in [1.54, 1.807) is 11.8 Å². The Kier molecular flexibility index (Phi) is 6.55. The van der Waals surface area contributed by atoms with E-state index in [4.69, 9.17) is 4.74 Å². The fourth-order valence-corrected chi connectivity index (χ4v) is 4.39. The minimum absolute atomic E-state index is 0.324. The lowest BCUT2D eigenvalue weighted by Crippen LogP contribution is -2.11. The van der Waals surface area contributed by atoms with Crippen LogP contribution in [0.5, 0.6) is 0 Å². The molecule has 1 fully saturated rings. The van der Waals surface area contributed by atoms with Gasteiger partial charge in [0.2, 0.25) is 0 Å². The molecule has 4 nitrogen and oxygen atoms in total. The van der Waals surface area contributed by atoms with Crippen LogP contribution in [0.15, 0.2) is 47.2 Å². The summed E-state index contributed by atoms with van der Waals surface area (Å²) in [6.45, 7) is 2.31. The van der Waals surface area contributed by atoms with Gasteiger partial charge in [0, 0.05) is 47.7 Å². The Morgan fingerprint density at radius 3 is 2.71 bits per heavy atom. The van der Waals surface area contributed by atoms with E-state index in [1.807, 2.05) is 25.1 Å². The van der Waals surface area contributed by atoms with Crippen molar-refractivity contribution in [2.24, 2.45) is 5.92 Å².